The fraction of sp³-hybridized carbons (Fsp3) is 0.438. The van der Waals surface area contributed by atoms with Crippen molar-refractivity contribution in [2.45, 2.75) is 45.2 Å². The van der Waals surface area contributed by atoms with Crippen molar-refractivity contribution < 1.29 is 4.39 Å². The Balaban J connectivity index is 1.98. The highest BCUT2D eigenvalue weighted by molar-refractivity contribution is 9.10. The van der Waals surface area contributed by atoms with Gasteiger partial charge in [-0.25, -0.2) is 9.37 Å². The summed E-state index contributed by atoms with van der Waals surface area (Å²) in [5, 5.41) is 4.56. The zero-order valence-electron chi connectivity index (χ0n) is 12.1. The summed E-state index contributed by atoms with van der Waals surface area (Å²) in [5.74, 6) is -0.229. The number of nitrogens with zero attached hydrogens (tertiary/aromatic N) is 1. The molecule has 1 heterocycles. The number of aromatic nitrogens is 1. The molecule has 1 aliphatic rings. The molecular formula is C16H18BrFN2S. The van der Waals surface area contributed by atoms with E-state index in [2.05, 4.69) is 35.1 Å². The number of hydrogen-bond acceptors (Lipinski definition) is 3. The lowest BCUT2D eigenvalue weighted by Crippen LogP contribution is -2.29. The van der Waals surface area contributed by atoms with Crippen LogP contribution in [0, 0.1) is 5.82 Å². The minimum atomic E-state index is -0.229. The summed E-state index contributed by atoms with van der Waals surface area (Å²) >= 11 is 4.98. The first kappa shape index (κ1) is 15.1. The largest absolute Gasteiger partial charge is 0.302 e. The van der Waals surface area contributed by atoms with Crippen LogP contribution in [0.4, 0.5) is 4.39 Å². The van der Waals surface area contributed by atoms with E-state index in [9.17, 15) is 4.39 Å². The first-order chi connectivity index (χ1) is 10.0. The summed E-state index contributed by atoms with van der Waals surface area (Å²) in [4.78, 5) is 6.20. The maximum Gasteiger partial charge on any atom is 0.137 e. The van der Waals surface area contributed by atoms with Crippen LogP contribution in [0.2, 0.25) is 0 Å². The van der Waals surface area contributed by atoms with Gasteiger partial charge in [0.2, 0.25) is 0 Å². The van der Waals surface area contributed by atoms with Gasteiger partial charge in [-0.2, -0.15) is 0 Å². The van der Waals surface area contributed by atoms with Gasteiger partial charge in [-0.3, -0.25) is 0 Å². The maximum atomic E-state index is 13.9. The number of fused-ring (bicyclic) bond motifs is 1. The number of rotatable bonds is 4. The third-order valence-corrected chi connectivity index (χ3v) is 5.50. The summed E-state index contributed by atoms with van der Waals surface area (Å²) < 4.78 is 14.4. The van der Waals surface area contributed by atoms with Crippen molar-refractivity contribution in [1.29, 1.82) is 0 Å². The molecule has 1 aromatic heterocycles. The summed E-state index contributed by atoms with van der Waals surface area (Å²) in [7, 11) is 0. The number of benzene rings is 1. The molecule has 1 aromatic carbocycles. The van der Waals surface area contributed by atoms with Crippen LogP contribution >= 0.6 is 27.3 Å². The average Bonchev–Trinajstić information content (AvgIpc) is 3.00. The monoisotopic (exact) mass is 368 g/mol. The fourth-order valence-corrected chi connectivity index (χ4v) is 4.16. The summed E-state index contributed by atoms with van der Waals surface area (Å²) in [5.41, 5.74) is 2.17. The summed E-state index contributed by atoms with van der Waals surface area (Å²) in [6.45, 7) is 4.20. The number of aryl methyl sites for hydroxylation is 2. The minimum Gasteiger partial charge on any atom is -0.302 e. The number of halogens is 2. The molecule has 0 aliphatic heterocycles. The SMILES string of the molecule is CC(C)NC(c1ccc(Br)c(F)c1)c1nc2c(s1)CCC2. The van der Waals surface area contributed by atoms with Crippen molar-refractivity contribution in [1.82, 2.24) is 10.3 Å². The summed E-state index contributed by atoms with van der Waals surface area (Å²) in [6, 6.07) is 5.58. The molecule has 0 bridgehead atoms. The zero-order valence-corrected chi connectivity index (χ0v) is 14.5. The van der Waals surface area contributed by atoms with Gasteiger partial charge in [-0.15, -0.1) is 11.3 Å². The molecule has 2 aromatic rings. The van der Waals surface area contributed by atoms with Crippen molar-refractivity contribution in [3.05, 3.63) is 49.6 Å². The van der Waals surface area contributed by atoms with Crippen LogP contribution < -0.4 is 5.32 Å². The van der Waals surface area contributed by atoms with Gasteiger partial charge in [0.15, 0.2) is 0 Å². The first-order valence-electron chi connectivity index (χ1n) is 7.24. The molecule has 1 unspecified atom stereocenters. The van der Waals surface area contributed by atoms with Gasteiger partial charge in [-0.1, -0.05) is 6.07 Å². The maximum absolute atomic E-state index is 13.9. The van der Waals surface area contributed by atoms with E-state index in [4.69, 9.17) is 4.98 Å². The Labute approximate surface area is 136 Å². The van der Waals surface area contributed by atoms with E-state index in [1.807, 2.05) is 6.07 Å². The standard InChI is InChI=1S/C16H18BrFN2S/c1-9(2)19-15(10-6-7-11(17)12(18)8-10)16-20-13-4-3-5-14(13)21-16/h6-9,15,19H,3-5H2,1-2H3. The second-order valence-electron chi connectivity index (χ2n) is 5.70. The van der Waals surface area contributed by atoms with Gasteiger partial charge in [-0.05, 0) is 66.7 Å². The van der Waals surface area contributed by atoms with Crippen molar-refractivity contribution in [2.75, 3.05) is 0 Å². The molecule has 1 atom stereocenters. The van der Waals surface area contributed by atoms with Crippen LogP contribution in [-0.2, 0) is 12.8 Å². The van der Waals surface area contributed by atoms with E-state index >= 15 is 0 Å². The van der Waals surface area contributed by atoms with Gasteiger partial charge in [0, 0.05) is 10.9 Å². The van der Waals surface area contributed by atoms with Gasteiger partial charge in [0.25, 0.3) is 0 Å². The molecule has 21 heavy (non-hydrogen) atoms. The second-order valence-corrected chi connectivity index (χ2v) is 7.67. The van der Waals surface area contributed by atoms with Crippen molar-refractivity contribution in [3.63, 3.8) is 0 Å². The van der Waals surface area contributed by atoms with Crippen LogP contribution in [-0.4, -0.2) is 11.0 Å². The van der Waals surface area contributed by atoms with E-state index in [0.29, 0.717) is 10.5 Å². The lowest BCUT2D eigenvalue weighted by atomic mass is 10.1. The van der Waals surface area contributed by atoms with Crippen molar-refractivity contribution in [2.24, 2.45) is 0 Å². The van der Waals surface area contributed by atoms with Crippen LogP contribution in [0.25, 0.3) is 0 Å². The molecule has 3 rings (SSSR count). The Morgan fingerprint density at radius 1 is 1.33 bits per heavy atom. The highest BCUT2D eigenvalue weighted by Gasteiger charge is 2.24. The Hall–Kier alpha value is -0.780. The molecule has 0 radical (unpaired) electrons. The van der Waals surface area contributed by atoms with Gasteiger partial charge >= 0.3 is 0 Å². The predicted octanol–water partition coefficient (Wildman–Crippen LogP) is 4.62. The van der Waals surface area contributed by atoms with Gasteiger partial charge in [0.05, 0.1) is 16.2 Å². The first-order valence-corrected chi connectivity index (χ1v) is 8.85. The zero-order chi connectivity index (χ0) is 15.0. The molecule has 1 aliphatic carbocycles. The Kier molecular flexibility index (Phi) is 4.43. The van der Waals surface area contributed by atoms with E-state index in [1.54, 1.807) is 23.5 Å². The molecule has 0 spiro atoms. The molecule has 112 valence electrons. The number of nitrogens with one attached hydrogen (secondary N) is 1. The third kappa shape index (κ3) is 3.20. The Bertz CT molecular complexity index is 632. The lowest BCUT2D eigenvalue weighted by molar-refractivity contribution is 0.522. The molecule has 2 nitrogen and oxygen atoms in total. The minimum absolute atomic E-state index is 0.0387. The topological polar surface area (TPSA) is 24.9 Å². The molecule has 1 N–H and O–H groups in total. The normalized spacial score (nSPS) is 15.5. The van der Waals surface area contributed by atoms with Gasteiger partial charge in [0.1, 0.15) is 10.8 Å². The molecule has 0 amide bonds. The van der Waals surface area contributed by atoms with Crippen molar-refractivity contribution in [3.8, 4) is 0 Å². The van der Waals surface area contributed by atoms with Crippen LogP contribution in [0.3, 0.4) is 0 Å². The molecule has 0 saturated carbocycles. The van der Waals surface area contributed by atoms with Crippen LogP contribution in [0.5, 0.6) is 0 Å². The smallest absolute Gasteiger partial charge is 0.137 e. The van der Waals surface area contributed by atoms with E-state index in [0.717, 1.165) is 23.4 Å². The van der Waals surface area contributed by atoms with Gasteiger partial charge < -0.3 is 5.32 Å². The second kappa shape index (κ2) is 6.15. The number of thiazole rings is 1. The van der Waals surface area contributed by atoms with E-state index in [-0.39, 0.29) is 11.9 Å². The Morgan fingerprint density at radius 3 is 2.81 bits per heavy atom. The Morgan fingerprint density at radius 2 is 2.14 bits per heavy atom. The summed E-state index contributed by atoms with van der Waals surface area (Å²) in [6.07, 6.45) is 3.43. The molecule has 5 heteroatoms. The van der Waals surface area contributed by atoms with Crippen LogP contribution in [0.1, 0.15) is 47.5 Å². The lowest BCUT2D eigenvalue weighted by Gasteiger charge is -2.20. The van der Waals surface area contributed by atoms with E-state index < -0.39 is 0 Å². The van der Waals surface area contributed by atoms with Crippen LogP contribution in [0.15, 0.2) is 22.7 Å². The van der Waals surface area contributed by atoms with Crippen molar-refractivity contribution >= 4 is 27.3 Å². The quantitative estimate of drug-likeness (QED) is 0.851. The molecule has 0 saturated heterocycles. The molecule has 0 fully saturated rings. The average molecular weight is 369 g/mol. The third-order valence-electron chi connectivity index (χ3n) is 3.64. The molecular weight excluding hydrogens is 351 g/mol. The highest BCUT2D eigenvalue weighted by atomic mass is 79.9. The fourth-order valence-electron chi connectivity index (χ4n) is 2.67. The van der Waals surface area contributed by atoms with E-state index in [1.165, 1.54) is 17.0 Å². The number of hydrogen-bond donors (Lipinski definition) is 1. The highest BCUT2D eigenvalue weighted by Crippen LogP contribution is 2.34. The predicted molar refractivity (Wildman–Crippen MR) is 88.4 cm³/mol.